The molecule has 2 aromatic rings. The van der Waals surface area contributed by atoms with E-state index in [-0.39, 0.29) is 0 Å². The van der Waals surface area contributed by atoms with Gasteiger partial charge in [0.1, 0.15) is 0 Å². The summed E-state index contributed by atoms with van der Waals surface area (Å²) in [5.74, 6) is 0. The van der Waals surface area contributed by atoms with Gasteiger partial charge in [0.25, 0.3) is 0 Å². The van der Waals surface area contributed by atoms with E-state index in [1.165, 1.54) is 23.1 Å². The highest BCUT2D eigenvalue weighted by molar-refractivity contribution is 5.22. The smallest absolute Gasteiger partial charge is 0.0594 e. The lowest BCUT2D eigenvalue weighted by molar-refractivity contribution is 0.0359. The highest BCUT2D eigenvalue weighted by Gasteiger charge is 2.12. The minimum Gasteiger partial charge on any atom is -0.379 e. The SMILES string of the molecule is Cc1cccc(CN(CCCN2CCOCC2)Cc2cccnc2)c1. The van der Waals surface area contributed by atoms with Gasteiger partial charge in [-0.2, -0.15) is 0 Å². The van der Waals surface area contributed by atoms with Crippen molar-refractivity contribution in [2.45, 2.75) is 26.4 Å². The first-order valence-corrected chi connectivity index (χ1v) is 9.26. The summed E-state index contributed by atoms with van der Waals surface area (Å²) in [5, 5.41) is 0. The summed E-state index contributed by atoms with van der Waals surface area (Å²) in [4.78, 5) is 9.31. The van der Waals surface area contributed by atoms with E-state index in [0.29, 0.717) is 0 Å². The fraction of sp³-hybridized carbons (Fsp3) is 0.476. The molecule has 3 rings (SSSR count). The molecule has 0 atom stereocenters. The predicted molar refractivity (Wildman–Crippen MR) is 101 cm³/mol. The molecule has 1 aliphatic rings. The van der Waals surface area contributed by atoms with Gasteiger partial charge in [0.15, 0.2) is 0 Å². The second-order valence-electron chi connectivity index (χ2n) is 6.87. The lowest BCUT2D eigenvalue weighted by atomic mass is 10.1. The molecule has 0 saturated carbocycles. The second-order valence-corrected chi connectivity index (χ2v) is 6.87. The van der Waals surface area contributed by atoms with Crippen LogP contribution in [0.4, 0.5) is 0 Å². The zero-order valence-electron chi connectivity index (χ0n) is 15.2. The van der Waals surface area contributed by atoms with Gasteiger partial charge >= 0.3 is 0 Å². The van der Waals surface area contributed by atoms with Crippen molar-refractivity contribution in [3.63, 3.8) is 0 Å². The molecule has 1 fully saturated rings. The lowest BCUT2D eigenvalue weighted by Gasteiger charge is -2.28. The van der Waals surface area contributed by atoms with Crippen LogP contribution in [0.2, 0.25) is 0 Å². The van der Waals surface area contributed by atoms with Gasteiger partial charge in [-0.05, 0) is 37.1 Å². The van der Waals surface area contributed by atoms with Crippen molar-refractivity contribution in [1.29, 1.82) is 0 Å². The number of ether oxygens (including phenoxy) is 1. The van der Waals surface area contributed by atoms with E-state index in [0.717, 1.165) is 52.5 Å². The van der Waals surface area contributed by atoms with Crippen LogP contribution in [-0.2, 0) is 17.8 Å². The zero-order chi connectivity index (χ0) is 17.3. The molecule has 1 aromatic carbocycles. The fourth-order valence-corrected chi connectivity index (χ4v) is 3.38. The molecule has 4 heteroatoms. The standard InChI is InChI=1S/C21H29N3O/c1-19-5-2-6-20(15-19)17-24(18-21-7-3-8-22-16-21)10-4-9-23-11-13-25-14-12-23/h2-3,5-8,15-16H,4,9-14,17-18H2,1H3. The van der Waals surface area contributed by atoms with E-state index in [4.69, 9.17) is 4.74 Å². The number of morpholine rings is 1. The molecule has 1 aliphatic heterocycles. The Labute approximate surface area is 151 Å². The summed E-state index contributed by atoms with van der Waals surface area (Å²) >= 11 is 0. The Bertz CT molecular complexity index is 626. The Balaban J connectivity index is 1.57. The number of aryl methyl sites for hydroxylation is 1. The van der Waals surface area contributed by atoms with Crippen molar-refractivity contribution < 1.29 is 4.74 Å². The van der Waals surface area contributed by atoms with Crippen LogP contribution in [-0.4, -0.2) is 54.2 Å². The number of benzene rings is 1. The van der Waals surface area contributed by atoms with Crippen LogP contribution in [0.1, 0.15) is 23.1 Å². The second kappa shape index (κ2) is 9.66. The number of hydrogen-bond donors (Lipinski definition) is 0. The number of hydrogen-bond acceptors (Lipinski definition) is 4. The van der Waals surface area contributed by atoms with E-state index in [2.05, 4.69) is 52.0 Å². The van der Waals surface area contributed by atoms with Crippen molar-refractivity contribution in [1.82, 2.24) is 14.8 Å². The number of nitrogens with zero attached hydrogens (tertiary/aromatic N) is 3. The van der Waals surface area contributed by atoms with Gasteiger partial charge in [0, 0.05) is 45.1 Å². The van der Waals surface area contributed by atoms with Gasteiger partial charge in [0.2, 0.25) is 0 Å². The molecule has 0 bridgehead atoms. The number of rotatable bonds is 8. The molecule has 0 N–H and O–H groups in total. The first kappa shape index (κ1) is 18.1. The quantitative estimate of drug-likeness (QED) is 0.739. The first-order chi connectivity index (χ1) is 12.3. The summed E-state index contributed by atoms with van der Waals surface area (Å²) in [6, 6.07) is 13.0. The Kier molecular flexibility index (Phi) is 6.98. The van der Waals surface area contributed by atoms with Crippen LogP contribution >= 0.6 is 0 Å². The van der Waals surface area contributed by atoms with E-state index in [9.17, 15) is 0 Å². The maximum Gasteiger partial charge on any atom is 0.0594 e. The Morgan fingerprint density at radius 2 is 1.88 bits per heavy atom. The van der Waals surface area contributed by atoms with Crippen molar-refractivity contribution in [3.05, 3.63) is 65.5 Å². The van der Waals surface area contributed by atoms with Crippen molar-refractivity contribution >= 4 is 0 Å². The minimum atomic E-state index is 0.878. The molecule has 0 aliphatic carbocycles. The largest absolute Gasteiger partial charge is 0.379 e. The van der Waals surface area contributed by atoms with Crippen LogP contribution in [0.25, 0.3) is 0 Å². The molecule has 0 unspecified atom stereocenters. The topological polar surface area (TPSA) is 28.6 Å². The molecule has 0 amide bonds. The average Bonchev–Trinajstić information content (AvgIpc) is 2.63. The van der Waals surface area contributed by atoms with Crippen LogP contribution < -0.4 is 0 Å². The third-order valence-electron chi connectivity index (χ3n) is 4.67. The molecule has 4 nitrogen and oxygen atoms in total. The van der Waals surface area contributed by atoms with Gasteiger partial charge in [-0.25, -0.2) is 0 Å². The summed E-state index contributed by atoms with van der Waals surface area (Å²) in [5.41, 5.74) is 3.99. The summed E-state index contributed by atoms with van der Waals surface area (Å²) in [7, 11) is 0. The Morgan fingerprint density at radius 1 is 1.08 bits per heavy atom. The highest BCUT2D eigenvalue weighted by Crippen LogP contribution is 2.12. The van der Waals surface area contributed by atoms with Crippen molar-refractivity contribution in [2.24, 2.45) is 0 Å². The number of aromatic nitrogens is 1. The molecule has 134 valence electrons. The van der Waals surface area contributed by atoms with Gasteiger partial charge < -0.3 is 4.74 Å². The minimum absolute atomic E-state index is 0.878. The van der Waals surface area contributed by atoms with Gasteiger partial charge in [0.05, 0.1) is 13.2 Å². The predicted octanol–water partition coefficient (Wildman–Crippen LogP) is 3.11. The highest BCUT2D eigenvalue weighted by atomic mass is 16.5. The first-order valence-electron chi connectivity index (χ1n) is 9.26. The summed E-state index contributed by atoms with van der Waals surface area (Å²) < 4.78 is 5.44. The molecule has 25 heavy (non-hydrogen) atoms. The van der Waals surface area contributed by atoms with Crippen LogP contribution in [0.3, 0.4) is 0 Å². The van der Waals surface area contributed by atoms with E-state index >= 15 is 0 Å². The molecular formula is C21H29N3O. The molecule has 0 radical (unpaired) electrons. The van der Waals surface area contributed by atoms with Crippen LogP contribution in [0.5, 0.6) is 0 Å². The van der Waals surface area contributed by atoms with Gasteiger partial charge in [-0.3, -0.25) is 14.8 Å². The van der Waals surface area contributed by atoms with E-state index in [1.807, 2.05) is 18.5 Å². The fourth-order valence-electron chi connectivity index (χ4n) is 3.38. The van der Waals surface area contributed by atoms with Crippen LogP contribution in [0, 0.1) is 6.92 Å². The maximum atomic E-state index is 5.44. The third kappa shape index (κ3) is 6.24. The Hall–Kier alpha value is -1.75. The monoisotopic (exact) mass is 339 g/mol. The Morgan fingerprint density at radius 3 is 2.64 bits per heavy atom. The van der Waals surface area contributed by atoms with Crippen LogP contribution in [0.15, 0.2) is 48.8 Å². The van der Waals surface area contributed by atoms with Crippen molar-refractivity contribution in [3.8, 4) is 0 Å². The summed E-state index contributed by atoms with van der Waals surface area (Å²) in [6.45, 7) is 10.2. The molecule has 0 spiro atoms. The molecule has 1 saturated heterocycles. The van der Waals surface area contributed by atoms with Crippen molar-refractivity contribution in [2.75, 3.05) is 39.4 Å². The number of pyridine rings is 1. The zero-order valence-corrected chi connectivity index (χ0v) is 15.2. The maximum absolute atomic E-state index is 5.44. The van der Waals surface area contributed by atoms with Gasteiger partial charge in [-0.1, -0.05) is 35.9 Å². The van der Waals surface area contributed by atoms with E-state index in [1.54, 1.807) is 0 Å². The molecular weight excluding hydrogens is 310 g/mol. The van der Waals surface area contributed by atoms with Gasteiger partial charge in [-0.15, -0.1) is 0 Å². The molecule has 2 heterocycles. The average molecular weight is 339 g/mol. The summed E-state index contributed by atoms with van der Waals surface area (Å²) in [6.07, 6.45) is 5.00. The molecule has 1 aromatic heterocycles. The van der Waals surface area contributed by atoms with E-state index < -0.39 is 0 Å². The third-order valence-corrected chi connectivity index (χ3v) is 4.67. The lowest BCUT2D eigenvalue weighted by Crippen LogP contribution is -2.38. The normalized spacial score (nSPS) is 15.6.